The SMILES string of the molecule is COCCNC(=O)c1nc(-c2ccc(Cl)cc2)n(-c2ccc(F)cc2)n1. The monoisotopic (exact) mass is 374 g/mol. The zero-order chi connectivity index (χ0) is 18.5. The molecular formula is C18H16ClFN4O2. The minimum absolute atomic E-state index is 0.00961. The van der Waals surface area contributed by atoms with E-state index in [0.29, 0.717) is 29.7 Å². The average molecular weight is 375 g/mol. The van der Waals surface area contributed by atoms with Crippen LogP contribution in [0.2, 0.25) is 5.02 Å². The van der Waals surface area contributed by atoms with Gasteiger partial charge in [0.15, 0.2) is 5.82 Å². The van der Waals surface area contributed by atoms with Gasteiger partial charge in [-0.2, -0.15) is 0 Å². The standard InChI is InChI=1S/C18H16ClFN4O2/c1-26-11-10-21-18(25)16-22-17(12-2-4-13(19)5-3-12)24(23-16)15-8-6-14(20)7-9-15/h2-9H,10-11H2,1H3,(H,21,25). The summed E-state index contributed by atoms with van der Waals surface area (Å²) in [6.45, 7) is 0.727. The van der Waals surface area contributed by atoms with E-state index in [1.165, 1.54) is 16.8 Å². The molecule has 0 unspecified atom stereocenters. The van der Waals surface area contributed by atoms with Crippen LogP contribution < -0.4 is 5.32 Å². The topological polar surface area (TPSA) is 69.0 Å². The number of halogens is 2. The Kier molecular flexibility index (Phi) is 5.60. The second kappa shape index (κ2) is 8.07. The van der Waals surface area contributed by atoms with Crippen LogP contribution in [0.25, 0.3) is 17.1 Å². The highest BCUT2D eigenvalue weighted by molar-refractivity contribution is 6.30. The van der Waals surface area contributed by atoms with Crippen LogP contribution in [-0.2, 0) is 4.74 Å². The van der Waals surface area contributed by atoms with E-state index in [2.05, 4.69) is 15.4 Å². The predicted molar refractivity (Wildman–Crippen MR) is 96.0 cm³/mol. The molecule has 0 saturated carbocycles. The van der Waals surface area contributed by atoms with Gasteiger partial charge in [-0.25, -0.2) is 14.1 Å². The maximum atomic E-state index is 13.2. The van der Waals surface area contributed by atoms with E-state index in [1.807, 2.05) is 0 Å². The van der Waals surface area contributed by atoms with Crippen LogP contribution in [0.1, 0.15) is 10.6 Å². The Hall–Kier alpha value is -2.77. The van der Waals surface area contributed by atoms with Crippen molar-refractivity contribution in [1.82, 2.24) is 20.1 Å². The molecular weight excluding hydrogens is 359 g/mol. The number of nitrogens with one attached hydrogen (secondary N) is 1. The third kappa shape index (κ3) is 4.07. The lowest BCUT2D eigenvalue weighted by atomic mass is 10.2. The van der Waals surface area contributed by atoms with Gasteiger partial charge >= 0.3 is 0 Å². The van der Waals surface area contributed by atoms with Gasteiger partial charge in [0.2, 0.25) is 5.82 Å². The maximum Gasteiger partial charge on any atom is 0.291 e. The number of hydrogen-bond donors (Lipinski definition) is 1. The lowest BCUT2D eigenvalue weighted by molar-refractivity contribution is 0.0927. The zero-order valence-corrected chi connectivity index (χ0v) is 14.7. The molecule has 8 heteroatoms. The summed E-state index contributed by atoms with van der Waals surface area (Å²) < 4.78 is 19.6. The number of methoxy groups -OCH3 is 1. The normalized spacial score (nSPS) is 10.7. The first-order valence-corrected chi connectivity index (χ1v) is 8.22. The number of amides is 1. The Morgan fingerprint density at radius 2 is 1.88 bits per heavy atom. The van der Waals surface area contributed by atoms with Crippen molar-refractivity contribution in [2.75, 3.05) is 20.3 Å². The molecule has 0 saturated heterocycles. The first kappa shape index (κ1) is 18.0. The lowest BCUT2D eigenvalue weighted by Gasteiger charge is -2.06. The minimum Gasteiger partial charge on any atom is -0.383 e. The van der Waals surface area contributed by atoms with E-state index in [4.69, 9.17) is 16.3 Å². The summed E-state index contributed by atoms with van der Waals surface area (Å²) in [5.41, 5.74) is 1.31. The fourth-order valence-corrected chi connectivity index (χ4v) is 2.43. The number of carbonyl (C=O) groups excluding carboxylic acids is 1. The average Bonchev–Trinajstić information content (AvgIpc) is 3.08. The van der Waals surface area contributed by atoms with E-state index >= 15 is 0 Å². The first-order chi connectivity index (χ1) is 12.6. The second-order valence-electron chi connectivity index (χ2n) is 5.40. The zero-order valence-electron chi connectivity index (χ0n) is 13.9. The summed E-state index contributed by atoms with van der Waals surface area (Å²) in [5, 5.41) is 7.55. The summed E-state index contributed by atoms with van der Waals surface area (Å²) in [6, 6.07) is 12.8. The van der Waals surface area contributed by atoms with Crippen molar-refractivity contribution in [3.05, 3.63) is 65.2 Å². The number of carbonyl (C=O) groups is 1. The van der Waals surface area contributed by atoms with Crippen LogP contribution >= 0.6 is 11.6 Å². The highest BCUT2D eigenvalue weighted by Crippen LogP contribution is 2.23. The molecule has 0 aliphatic rings. The van der Waals surface area contributed by atoms with Gasteiger partial charge in [0.05, 0.1) is 12.3 Å². The Bertz CT molecular complexity index is 832. The summed E-state index contributed by atoms with van der Waals surface area (Å²) in [5.74, 6) is -0.321. The third-order valence-corrected chi connectivity index (χ3v) is 3.83. The molecule has 2 aromatic carbocycles. The summed E-state index contributed by atoms with van der Waals surface area (Å²) >= 11 is 5.94. The van der Waals surface area contributed by atoms with Gasteiger partial charge in [-0.15, -0.1) is 5.10 Å². The van der Waals surface area contributed by atoms with Crippen molar-refractivity contribution in [2.24, 2.45) is 0 Å². The third-order valence-electron chi connectivity index (χ3n) is 3.58. The predicted octanol–water partition coefficient (Wildman–Crippen LogP) is 3.10. The van der Waals surface area contributed by atoms with E-state index in [0.717, 1.165) is 5.56 Å². The van der Waals surface area contributed by atoms with E-state index in [-0.39, 0.29) is 11.6 Å². The molecule has 0 spiro atoms. The molecule has 0 atom stereocenters. The molecule has 1 heterocycles. The van der Waals surface area contributed by atoms with Crippen LogP contribution in [0.5, 0.6) is 0 Å². The number of hydrogen-bond acceptors (Lipinski definition) is 4. The Balaban J connectivity index is 2.01. The van der Waals surface area contributed by atoms with Crippen molar-refractivity contribution in [2.45, 2.75) is 0 Å². The molecule has 3 rings (SSSR count). The largest absolute Gasteiger partial charge is 0.383 e. The quantitative estimate of drug-likeness (QED) is 0.673. The summed E-state index contributed by atoms with van der Waals surface area (Å²) in [7, 11) is 1.55. The number of nitrogens with zero attached hydrogens (tertiary/aromatic N) is 3. The van der Waals surface area contributed by atoms with Crippen molar-refractivity contribution < 1.29 is 13.9 Å². The lowest BCUT2D eigenvalue weighted by Crippen LogP contribution is -2.28. The number of benzene rings is 2. The van der Waals surface area contributed by atoms with Crippen LogP contribution in [0, 0.1) is 5.82 Å². The maximum absolute atomic E-state index is 13.2. The smallest absolute Gasteiger partial charge is 0.291 e. The van der Waals surface area contributed by atoms with Gasteiger partial charge in [0, 0.05) is 24.2 Å². The highest BCUT2D eigenvalue weighted by atomic mass is 35.5. The van der Waals surface area contributed by atoms with Crippen molar-refractivity contribution in [1.29, 1.82) is 0 Å². The van der Waals surface area contributed by atoms with Gasteiger partial charge in [0.25, 0.3) is 5.91 Å². The van der Waals surface area contributed by atoms with Crippen molar-refractivity contribution in [3.8, 4) is 17.1 Å². The van der Waals surface area contributed by atoms with Crippen LogP contribution in [-0.4, -0.2) is 40.9 Å². The van der Waals surface area contributed by atoms with Gasteiger partial charge in [-0.3, -0.25) is 4.79 Å². The molecule has 0 bridgehead atoms. The minimum atomic E-state index is -0.418. The molecule has 1 aromatic heterocycles. The Morgan fingerprint density at radius 1 is 1.19 bits per heavy atom. The van der Waals surface area contributed by atoms with Crippen molar-refractivity contribution >= 4 is 17.5 Å². The molecule has 6 nitrogen and oxygen atoms in total. The molecule has 0 fully saturated rings. The molecule has 1 N–H and O–H groups in total. The van der Waals surface area contributed by atoms with E-state index in [1.54, 1.807) is 43.5 Å². The summed E-state index contributed by atoms with van der Waals surface area (Å²) in [6.07, 6.45) is 0. The van der Waals surface area contributed by atoms with Gasteiger partial charge in [-0.1, -0.05) is 11.6 Å². The molecule has 0 aliphatic carbocycles. The molecule has 0 radical (unpaired) electrons. The van der Waals surface area contributed by atoms with Crippen LogP contribution in [0.3, 0.4) is 0 Å². The fraction of sp³-hybridized carbons (Fsp3) is 0.167. The van der Waals surface area contributed by atoms with E-state index in [9.17, 15) is 9.18 Å². The highest BCUT2D eigenvalue weighted by Gasteiger charge is 2.18. The molecule has 3 aromatic rings. The number of rotatable bonds is 6. The summed E-state index contributed by atoms with van der Waals surface area (Å²) in [4.78, 5) is 16.6. The number of ether oxygens (including phenoxy) is 1. The Labute approximate surface area is 154 Å². The molecule has 26 heavy (non-hydrogen) atoms. The molecule has 134 valence electrons. The first-order valence-electron chi connectivity index (χ1n) is 7.84. The fourth-order valence-electron chi connectivity index (χ4n) is 2.30. The molecule has 0 aliphatic heterocycles. The van der Waals surface area contributed by atoms with Gasteiger partial charge in [-0.05, 0) is 48.5 Å². The van der Waals surface area contributed by atoms with Crippen molar-refractivity contribution in [3.63, 3.8) is 0 Å². The van der Waals surface area contributed by atoms with Gasteiger partial charge < -0.3 is 10.1 Å². The van der Waals surface area contributed by atoms with Gasteiger partial charge in [0.1, 0.15) is 5.82 Å². The molecule has 1 amide bonds. The second-order valence-corrected chi connectivity index (χ2v) is 5.84. The van der Waals surface area contributed by atoms with Crippen LogP contribution in [0.15, 0.2) is 48.5 Å². The Morgan fingerprint density at radius 3 is 2.54 bits per heavy atom. The number of aromatic nitrogens is 3. The van der Waals surface area contributed by atoms with Crippen LogP contribution in [0.4, 0.5) is 4.39 Å². The van der Waals surface area contributed by atoms with E-state index < -0.39 is 5.91 Å².